The Kier molecular flexibility index (Phi) is 3.83. The summed E-state index contributed by atoms with van der Waals surface area (Å²) in [5, 5.41) is 9.81. The van der Waals surface area contributed by atoms with Crippen molar-refractivity contribution < 1.29 is 9.84 Å². The Labute approximate surface area is 97.3 Å². The summed E-state index contributed by atoms with van der Waals surface area (Å²) in [5.41, 5.74) is 0.928. The minimum Gasteiger partial charge on any atom is -0.508 e. The van der Waals surface area contributed by atoms with Crippen LogP contribution in [0.25, 0.3) is 0 Å². The molecule has 0 bridgehead atoms. The summed E-state index contributed by atoms with van der Waals surface area (Å²) in [6, 6.07) is 7.49. The lowest BCUT2D eigenvalue weighted by Crippen LogP contribution is -2.13. The molecule has 0 amide bonds. The van der Waals surface area contributed by atoms with Crippen molar-refractivity contribution in [3.8, 4) is 5.75 Å². The zero-order chi connectivity index (χ0) is 11.4. The zero-order valence-corrected chi connectivity index (χ0v) is 9.86. The van der Waals surface area contributed by atoms with Crippen LogP contribution in [0.15, 0.2) is 24.3 Å². The minimum atomic E-state index is 0.0456. The molecule has 0 heterocycles. The predicted octanol–water partition coefficient (Wildman–Crippen LogP) is 3.80. The largest absolute Gasteiger partial charge is 0.508 e. The maximum absolute atomic E-state index is 9.81. The minimum absolute atomic E-state index is 0.0456. The maximum atomic E-state index is 9.81. The van der Waals surface area contributed by atoms with Gasteiger partial charge in [-0.3, -0.25) is 0 Å². The van der Waals surface area contributed by atoms with Gasteiger partial charge in [-0.15, -0.1) is 0 Å². The van der Waals surface area contributed by atoms with E-state index in [1.165, 1.54) is 25.7 Å². The summed E-state index contributed by atoms with van der Waals surface area (Å²) in [6.45, 7) is 2.10. The zero-order valence-electron chi connectivity index (χ0n) is 9.86. The van der Waals surface area contributed by atoms with E-state index < -0.39 is 0 Å². The summed E-state index contributed by atoms with van der Waals surface area (Å²) in [7, 11) is 0. The van der Waals surface area contributed by atoms with Crippen LogP contribution in [-0.4, -0.2) is 11.2 Å². The van der Waals surface area contributed by atoms with Crippen molar-refractivity contribution in [1.29, 1.82) is 0 Å². The molecule has 1 unspecified atom stereocenters. The van der Waals surface area contributed by atoms with Crippen LogP contribution in [0.1, 0.15) is 50.7 Å². The smallest absolute Gasteiger partial charge is 0.121 e. The first kappa shape index (κ1) is 11.5. The van der Waals surface area contributed by atoms with Crippen LogP contribution in [0.4, 0.5) is 0 Å². The highest BCUT2D eigenvalue weighted by Crippen LogP contribution is 2.33. The number of hydrogen-bond acceptors (Lipinski definition) is 2. The number of benzene rings is 1. The van der Waals surface area contributed by atoms with Gasteiger partial charge in [0.05, 0.1) is 12.2 Å². The molecular formula is C14H20O2. The second-order valence-electron chi connectivity index (χ2n) is 4.50. The quantitative estimate of drug-likeness (QED) is 0.836. The first-order valence-electron chi connectivity index (χ1n) is 6.24. The molecule has 16 heavy (non-hydrogen) atoms. The number of rotatable bonds is 4. The van der Waals surface area contributed by atoms with Crippen LogP contribution in [0, 0.1) is 0 Å². The van der Waals surface area contributed by atoms with E-state index >= 15 is 0 Å². The normalized spacial score (nSPS) is 18.8. The van der Waals surface area contributed by atoms with Crippen LogP contribution in [-0.2, 0) is 4.74 Å². The molecule has 2 heteroatoms. The van der Waals surface area contributed by atoms with Gasteiger partial charge in [-0.1, -0.05) is 38.0 Å². The van der Waals surface area contributed by atoms with E-state index in [1.54, 1.807) is 6.07 Å². The molecule has 1 aliphatic carbocycles. The third-order valence-corrected chi connectivity index (χ3v) is 3.31. The van der Waals surface area contributed by atoms with Gasteiger partial charge in [0.15, 0.2) is 0 Å². The predicted molar refractivity (Wildman–Crippen MR) is 64.5 cm³/mol. The molecular weight excluding hydrogens is 200 g/mol. The van der Waals surface area contributed by atoms with E-state index in [0.29, 0.717) is 11.9 Å². The standard InChI is InChI=1S/C14H20O2/c1-2-14(16-11-7-3-4-8-11)12-9-5-6-10-13(12)15/h5-6,9-11,14-15H,2-4,7-8H2,1H3. The number of para-hydroxylation sites is 1. The van der Waals surface area contributed by atoms with Crippen molar-refractivity contribution in [3.05, 3.63) is 29.8 Å². The molecule has 1 aromatic carbocycles. The second kappa shape index (κ2) is 5.35. The number of phenols is 1. The Morgan fingerprint density at radius 3 is 2.62 bits per heavy atom. The van der Waals surface area contributed by atoms with E-state index in [1.807, 2.05) is 18.2 Å². The summed E-state index contributed by atoms with van der Waals surface area (Å²) in [5.74, 6) is 0.354. The fourth-order valence-electron chi connectivity index (χ4n) is 2.41. The molecule has 1 N–H and O–H groups in total. The Morgan fingerprint density at radius 1 is 1.31 bits per heavy atom. The van der Waals surface area contributed by atoms with Gasteiger partial charge in [0.2, 0.25) is 0 Å². The molecule has 0 aromatic heterocycles. The van der Waals surface area contributed by atoms with Gasteiger partial charge in [0, 0.05) is 5.56 Å². The molecule has 1 aromatic rings. The highest BCUT2D eigenvalue weighted by molar-refractivity contribution is 5.33. The van der Waals surface area contributed by atoms with Gasteiger partial charge in [-0.25, -0.2) is 0 Å². The van der Waals surface area contributed by atoms with Crippen molar-refractivity contribution in [1.82, 2.24) is 0 Å². The molecule has 2 rings (SSSR count). The lowest BCUT2D eigenvalue weighted by atomic mass is 10.1. The fourth-order valence-corrected chi connectivity index (χ4v) is 2.41. The van der Waals surface area contributed by atoms with E-state index in [-0.39, 0.29) is 6.10 Å². The highest BCUT2D eigenvalue weighted by Gasteiger charge is 2.21. The Morgan fingerprint density at radius 2 is 2.00 bits per heavy atom. The molecule has 88 valence electrons. The van der Waals surface area contributed by atoms with Crippen molar-refractivity contribution in [2.45, 2.75) is 51.2 Å². The van der Waals surface area contributed by atoms with Crippen LogP contribution in [0.5, 0.6) is 5.75 Å². The monoisotopic (exact) mass is 220 g/mol. The first-order chi connectivity index (χ1) is 7.81. The van der Waals surface area contributed by atoms with Gasteiger partial charge < -0.3 is 9.84 Å². The van der Waals surface area contributed by atoms with Gasteiger partial charge >= 0.3 is 0 Å². The molecule has 0 spiro atoms. The number of aromatic hydroxyl groups is 1. The Bertz CT molecular complexity index is 329. The lowest BCUT2D eigenvalue weighted by Gasteiger charge is -2.21. The summed E-state index contributed by atoms with van der Waals surface area (Å²) < 4.78 is 6.07. The third-order valence-electron chi connectivity index (χ3n) is 3.31. The van der Waals surface area contributed by atoms with Crippen molar-refractivity contribution >= 4 is 0 Å². The molecule has 0 aliphatic heterocycles. The number of hydrogen-bond donors (Lipinski definition) is 1. The highest BCUT2D eigenvalue weighted by atomic mass is 16.5. The van der Waals surface area contributed by atoms with Crippen molar-refractivity contribution in [2.75, 3.05) is 0 Å². The molecule has 1 atom stereocenters. The van der Waals surface area contributed by atoms with E-state index in [2.05, 4.69) is 6.92 Å². The van der Waals surface area contributed by atoms with Gasteiger partial charge in [-0.2, -0.15) is 0 Å². The average molecular weight is 220 g/mol. The molecule has 1 saturated carbocycles. The lowest BCUT2D eigenvalue weighted by molar-refractivity contribution is -0.0124. The summed E-state index contributed by atoms with van der Waals surface area (Å²) in [6.07, 6.45) is 6.25. The van der Waals surface area contributed by atoms with E-state index in [4.69, 9.17) is 4.74 Å². The van der Waals surface area contributed by atoms with Gasteiger partial charge in [-0.05, 0) is 25.3 Å². The molecule has 1 aliphatic rings. The Hall–Kier alpha value is -1.02. The molecule has 0 radical (unpaired) electrons. The molecule has 0 saturated heterocycles. The summed E-state index contributed by atoms with van der Waals surface area (Å²) >= 11 is 0. The maximum Gasteiger partial charge on any atom is 0.121 e. The van der Waals surface area contributed by atoms with Crippen LogP contribution < -0.4 is 0 Å². The first-order valence-corrected chi connectivity index (χ1v) is 6.24. The fraction of sp³-hybridized carbons (Fsp3) is 0.571. The average Bonchev–Trinajstić information content (AvgIpc) is 2.80. The Balaban J connectivity index is 2.06. The van der Waals surface area contributed by atoms with E-state index in [0.717, 1.165) is 12.0 Å². The van der Waals surface area contributed by atoms with Crippen LogP contribution >= 0.6 is 0 Å². The second-order valence-corrected chi connectivity index (χ2v) is 4.50. The number of phenolic OH excluding ortho intramolecular Hbond substituents is 1. The van der Waals surface area contributed by atoms with Crippen molar-refractivity contribution in [2.24, 2.45) is 0 Å². The number of ether oxygens (including phenoxy) is 1. The SMILES string of the molecule is CCC(OC1CCCC1)c1ccccc1O. The third kappa shape index (κ3) is 2.56. The van der Waals surface area contributed by atoms with Gasteiger partial charge in [0.1, 0.15) is 5.75 Å². The van der Waals surface area contributed by atoms with E-state index in [9.17, 15) is 5.11 Å². The van der Waals surface area contributed by atoms with Gasteiger partial charge in [0.25, 0.3) is 0 Å². The topological polar surface area (TPSA) is 29.5 Å². The van der Waals surface area contributed by atoms with Crippen LogP contribution in [0.2, 0.25) is 0 Å². The summed E-state index contributed by atoms with van der Waals surface area (Å²) in [4.78, 5) is 0. The molecule has 2 nitrogen and oxygen atoms in total. The van der Waals surface area contributed by atoms with Crippen LogP contribution in [0.3, 0.4) is 0 Å². The molecule has 1 fully saturated rings. The van der Waals surface area contributed by atoms with Crippen molar-refractivity contribution in [3.63, 3.8) is 0 Å².